The largest absolute Gasteiger partial charge is 0.514 e. The van der Waals surface area contributed by atoms with Crippen molar-refractivity contribution in [2.24, 2.45) is 5.41 Å². The number of hydrogen-bond acceptors (Lipinski definition) is 6. The number of benzene rings is 2. The van der Waals surface area contributed by atoms with Crippen LogP contribution in [0, 0.1) is 22.5 Å². The van der Waals surface area contributed by atoms with Gasteiger partial charge in [0.25, 0.3) is 5.69 Å². The van der Waals surface area contributed by atoms with Crippen LogP contribution in [0.15, 0.2) is 61.1 Å². The van der Waals surface area contributed by atoms with E-state index >= 15 is 0 Å². The Hall–Kier alpha value is -3.68. The molecule has 0 saturated carbocycles. The maximum Gasteiger partial charge on any atom is 0.514 e. The second kappa shape index (κ2) is 8.99. The zero-order chi connectivity index (χ0) is 22.6. The van der Waals surface area contributed by atoms with Gasteiger partial charge in [0.1, 0.15) is 11.9 Å². The van der Waals surface area contributed by atoms with Crippen LogP contribution in [0.4, 0.5) is 10.5 Å². The Labute approximate surface area is 180 Å². The molecule has 1 heterocycles. The molecule has 0 N–H and O–H groups in total. The Morgan fingerprint density at radius 3 is 2.35 bits per heavy atom. The molecular formula is C23H25N3O5. The molecule has 8 nitrogen and oxygen atoms in total. The number of carbonyl (C=O) groups is 1. The van der Waals surface area contributed by atoms with E-state index in [1.165, 1.54) is 29.8 Å². The minimum Gasteiger partial charge on any atom is -0.428 e. The molecule has 1 aromatic heterocycles. The second-order valence-corrected chi connectivity index (χ2v) is 8.40. The second-order valence-electron chi connectivity index (χ2n) is 8.40. The SMILES string of the molecule is Cc1ccc(-c2cn(C[C@@H](OC(=O)Oc3ccc([N+](=O)[O-])cc3)C(C)(C)C)cn2)cc1. The summed E-state index contributed by atoms with van der Waals surface area (Å²) in [5.74, 6) is 0.174. The summed E-state index contributed by atoms with van der Waals surface area (Å²) in [4.78, 5) is 27.0. The minimum atomic E-state index is -0.868. The summed E-state index contributed by atoms with van der Waals surface area (Å²) in [5, 5.41) is 10.7. The number of carbonyl (C=O) groups excluding carboxylic acids is 1. The lowest BCUT2D eigenvalue weighted by Gasteiger charge is -2.30. The molecule has 0 spiro atoms. The lowest BCUT2D eigenvalue weighted by molar-refractivity contribution is -0.384. The Morgan fingerprint density at radius 1 is 1.13 bits per heavy atom. The summed E-state index contributed by atoms with van der Waals surface area (Å²) in [6.07, 6.45) is 2.26. The summed E-state index contributed by atoms with van der Waals surface area (Å²) < 4.78 is 12.7. The van der Waals surface area contributed by atoms with Crippen LogP contribution >= 0.6 is 0 Å². The predicted octanol–water partition coefficient (Wildman–Crippen LogP) is 5.40. The number of nitro benzene ring substituents is 1. The summed E-state index contributed by atoms with van der Waals surface area (Å²) in [7, 11) is 0. The Balaban J connectivity index is 1.67. The fraction of sp³-hybridized carbons (Fsp3) is 0.304. The predicted molar refractivity (Wildman–Crippen MR) is 116 cm³/mol. The van der Waals surface area contributed by atoms with E-state index in [4.69, 9.17) is 9.47 Å². The Kier molecular flexibility index (Phi) is 6.39. The number of non-ortho nitro benzene ring substituents is 1. The minimum absolute atomic E-state index is 0.0854. The smallest absolute Gasteiger partial charge is 0.428 e. The average molecular weight is 423 g/mol. The van der Waals surface area contributed by atoms with Gasteiger partial charge in [0.2, 0.25) is 0 Å². The van der Waals surface area contributed by atoms with Gasteiger partial charge < -0.3 is 14.0 Å². The van der Waals surface area contributed by atoms with E-state index in [9.17, 15) is 14.9 Å². The Morgan fingerprint density at radius 2 is 1.77 bits per heavy atom. The van der Waals surface area contributed by atoms with Crippen molar-refractivity contribution in [3.05, 3.63) is 76.7 Å². The summed E-state index contributed by atoms with van der Waals surface area (Å²) in [6, 6.07) is 13.3. The molecule has 0 fully saturated rings. The van der Waals surface area contributed by atoms with Crippen LogP contribution in [0.3, 0.4) is 0 Å². The van der Waals surface area contributed by atoms with Crippen LogP contribution < -0.4 is 4.74 Å². The third-order valence-corrected chi connectivity index (χ3v) is 4.81. The van der Waals surface area contributed by atoms with Crippen LogP contribution in [0.5, 0.6) is 5.75 Å². The highest BCUT2D eigenvalue weighted by Gasteiger charge is 2.30. The fourth-order valence-electron chi connectivity index (χ4n) is 2.89. The van der Waals surface area contributed by atoms with Gasteiger partial charge in [-0.25, -0.2) is 9.78 Å². The first-order valence-electron chi connectivity index (χ1n) is 9.83. The lowest BCUT2D eigenvalue weighted by Crippen LogP contribution is -2.36. The summed E-state index contributed by atoms with van der Waals surface area (Å²) in [5.41, 5.74) is 2.58. The highest BCUT2D eigenvalue weighted by atomic mass is 16.7. The third kappa shape index (κ3) is 5.91. The zero-order valence-corrected chi connectivity index (χ0v) is 17.9. The molecule has 0 radical (unpaired) electrons. The molecule has 0 saturated heterocycles. The van der Waals surface area contributed by atoms with Crippen molar-refractivity contribution in [1.82, 2.24) is 9.55 Å². The van der Waals surface area contributed by atoms with Crippen molar-refractivity contribution in [3.8, 4) is 17.0 Å². The van der Waals surface area contributed by atoms with Crippen molar-refractivity contribution < 1.29 is 19.2 Å². The monoisotopic (exact) mass is 423 g/mol. The van der Waals surface area contributed by atoms with Gasteiger partial charge in [-0.15, -0.1) is 0 Å². The van der Waals surface area contributed by atoms with Crippen LogP contribution in [0.1, 0.15) is 26.3 Å². The van der Waals surface area contributed by atoms with E-state index in [0.717, 1.165) is 11.3 Å². The lowest BCUT2D eigenvalue weighted by atomic mass is 9.89. The molecule has 0 amide bonds. The number of nitro groups is 1. The molecular weight excluding hydrogens is 398 g/mol. The average Bonchev–Trinajstić information content (AvgIpc) is 3.16. The van der Waals surface area contributed by atoms with E-state index in [1.54, 1.807) is 6.33 Å². The fourth-order valence-corrected chi connectivity index (χ4v) is 2.89. The number of nitrogens with zero attached hydrogens (tertiary/aromatic N) is 3. The number of ether oxygens (including phenoxy) is 2. The molecule has 0 aliphatic heterocycles. The Bertz CT molecular complexity index is 1050. The standard InChI is InChI=1S/C23H25N3O5/c1-16-5-7-17(8-6-16)20-13-25(15-24-20)14-21(23(2,3)4)31-22(27)30-19-11-9-18(10-12-19)26(28)29/h5-13,15,21H,14H2,1-4H3/t21-/m1/s1. The summed E-state index contributed by atoms with van der Waals surface area (Å²) >= 11 is 0. The van der Waals surface area contributed by atoms with E-state index in [2.05, 4.69) is 4.98 Å². The third-order valence-electron chi connectivity index (χ3n) is 4.81. The van der Waals surface area contributed by atoms with Crippen molar-refractivity contribution in [1.29, 1.82) is 0 Å². The van der Waals surface area contributed by atoms with Crippen LogP contribution in [-0.4, -0.2) is 26.7 Å². The number of rotatable bonds is 6. The maximum absolute atomic E-state index is 12.3. The maximum atomic E-state index is 12.3. The quantitative estimate of drug-likeness (QED) is 0.228. The number of imidazole rings is 1. The van der Waals surface area contributed by atoms with Gasteiger partial charge in [0, 0.05) is 29.3 Å². The van der Waals surface area contributed by atoms with Crippen LogP contribution in [-0.2, 0) is 11.3 Å². The van der Waals surface area contributed by atoms with Gasteiger partial charge in [-0.1, -0.05) is 50.6 Å². The molecule has 0 aliphatic rings. The van der Waals surface area contributed by atoms with Gasteiger partial charge >= 0.3 is 6.16 Å². The molecule has 2 aromatic carbocycles. The van der Waals surface area contributed by atoms with Crippen molar-refractivity contribution in [2.45, 2.75) is 40.3 Å². The van der Waals surface area contributed by atoms with Gasteiger partial charge in [-0.2, -0.15) is 0 Å². The van der Waals surface area contributed by atoms with Crippen molar-refractivity contribution in [3.63, 3.8) is 0 Å². The summed E-state index contributed by atoms with van der Waals surface area (Å²) in [6.45, 7) is 8.33. The van der Waals surface area contributed by atoms with E-state index in [1.807, 2.05) is 62.7 Å². The number of hydrogen-bond donors (Lipinski definition) is 0. The van der Waals surface area contributed by atoms with Gasteiger partial charge in [0.05, 0.1) is 23.5 Å². The zero-order valence-electron chi connectivity index (χ0n) is 17.9. The van der Waals surface area contributed by atoms with Crippen LogP contribution in [0.25, 0.3) is 11.3 Å². The topological polar surface area (TPSA) is 96.5 Å². The highest BCUT2D eigenvalue weighted by Crippen LogP contribution is 2.26. The van der Waals surface area contributed by atoms with Gasteiger partial charge in [0.15, 0.2) is 0 Å². The molecule has 1 atom stereocenters. The highest BCUT2D eigenvalue weighted by molar-refractivity contribution is 5.64. The number of aromatic nitrogens is 2. The van der Waals surface area contributed by atoms with Gasteiger partial charge in [-0.3, -0.25) is 10.1 Å². The van der Waals surface area contributed by atoms with Crippen LogP contribution in [0.2, 0.25) is 0 Å². The van der Waals surface area contributed by atoms with E-state index in [-0.39, 0.29) is 16.9 Å². The van der Waals surface area contributed by atoms with E-state index in [0.29, 0.717) is 6.54 Å². The first-order valence-corrected chi connectivity index (χ1v) is 9.83. The molecule has 8 heteroatoms. The van der Waals surface area contributed by atoms with Crippen molar-refractivity contribution in [2.75, 3.05) is 0 Å². The first kappa shape index (κ1) is 22.0. The normalized spacial score (nSPS) is 12.3. The van der Waals surface area contributed by atoms with E-state index < -0.39 is 17.2 Å². The molecule has 3 aromatic rings. The molecule has 3 rings (SSSR count). The first-order chi connectivity index (χ1) is 14.6. The number of aryl methyl sites for hydroxylation is 1. The van der Waals surface area contributed by atoms with Gasteiger partial charge in [-0.05, 0) is 19.1 Å². The molecule has 0 unspecified atom stereocenters. The molecule has 162 valence electrons. The molecule has 0 aliphatic carbocycles. The molecule has 0 bridgehead atoms. The van der Waals surface area contributed by atoms with Crippen molar-refractivity contribution >= 4 is 11.8 Å². The molecule has 31 heavy (non-hydrogen) atoms.